The zero-order valence-corrected chi connectivity index (χ0v) is 21.8. The average molecular weight is 489 g/mol. The summed E-state index contributed by atoms with van der Waals surface area (Å²) >= 11 is 0. The fraction of sp³-hybridized carbons (Fsp3) is 0.533. The molecule has 1 saturated carbocycles. The van der Waals surface area contributed by atoms with Gasteiger partial charge in [-0.3, -0.25) is 14.6 Å². The van der Waals surface area contributed by atoms with Gasteiger partial charge in [0.05, 0.1) is 17.8 Å². The quantitative estimate of drug-likeness (QED) is 0.399. The molecular formula is C30H40N4O2. The molecule has 6 heteroatoms. The number of Topliss-reactive ketones (excluding diaryl/α,β-unsaturated/α-hetero) is 1. The number of nitrogens with zero attached hydrogens (tertiary/aromatic N) is 1. The zero-order valence-electron chi connectivity index (χ0n) is 21.8. The summed E-state index contributed by atoms with van der Waals surface area (Å²) < 4.78 is 0. The van der Waals surface area contributed by atoms with Crippen LogP contribution in [-0.4, -0.2) is 42.7 Å². The maximum Gasteiger partial charge on any atom is 0.237 e. The number of likely N-dealkylation sites (N-methyl/N-ethyl adjacent to an activating group) is 1. The summed E-state index contributed by atoms with van der Waals surface area (Å²) in [5.41, 5.74) is 4.85. The summed E-state index contributed by atoms with van der Waals surface area (Å²) in [6, 6.07) is 9.49. The van der Waals surface area contributed by atoms with Crippen molar-refractivity contribution in [2.75, 3.05) is 7.05 Å². The first-order valence-electron chi connectivity index (χ1n) is 13.6. The van der Waals surface area contributed by atoms with Gasteiger partial charge in [0.15, 0.2) is 5.78 Å². The number of fused-ring (bicyclic) bond motifs is 1. The van der Waals surface area contributed by atoms with Crippen LogP contribution in [0.25, 0.3) is 0 Å². The molecule has 1 aromatic carbocycles. The van der Waals surface area contributed by atoms with E-state index in [0.29, 0.717) is 6.42 Å². The second-order valence-electron chi connectivity index (χ2n) is 10.4. The van der Waals surface area contributed by atoms with Gasteiger partial charge in [-0.2, -0.15) is 0 Å². The van der Waals surface area contributed by atoms with Gasteiger partial charge in [0.2, 0.25) is 5.91 Å². The monoisotopic (exact) mass is 488 g/mol. The molecule has 1 amide bonds. The Morgan fingerprint density at radius 1 is 1.11 bits per heavy atom. The molecule has 1 aliphatic heterocycles. The predicted octanol–water partition coefficient (Wildman–Crippen LogP) is 5.12. The Hall–Kier alpha value is -2.86. The van der Waals surface area contributed by atoms with E-state index in [0.717, 1.165) is 49.7 Å². The van der Waals surface area contributed by atoms with Gasteiger partial charge in [-0.15, -0.1) is 0 Å². The molecule has 0 bridgehead atoms. The second kappa shape index (κ2) is 11.9. The fourth-order valence-corrected chi connectivity index (χ4v) is 6.10. The molecule has 2 aliphatic carbocycles. The van der Waals surface area contributed by atoms with Crippen molar-refractivity contribution >= 4 is 23.6 Å². The first kappa shape index (κ1) is 26.2. The highest BCUT2D eigenvalue weighted by molar-refractivity contribution is 6.42. The van der Waals surface area contributed by atoms with Crippen LogP contribution in [0.3, 0.4) is 0 Å². The smallest absolute Gasteiger partial charge is 0.237 e. The first-order valence-corrected chi connectivity index (χ1v) is 13.6. The van der Waals surface area contributed by atoms with Gasteiger partial charge in [0.1, 0.15) is 0 Å². The zero-order chi connectivity index (χ0) is 25.7. The van der Waals surface area contributed by atoms with Crippen LogP contribution in [0.5, 0.6) is 0 Å². The third-order valence-corrected chi connectivity index (χ3v) is 8.32. The van der Waals surface area contributed by atoms with Crippen molar-refractivity contribution in [1.82, 2.24) is 10.6 Å². The minimum Gasteiger partial charge on any atom is -0.344 e. The summed E-state index contributed by atoms with van der Waals surface area (Å²) in [6.07, 6.45) is 11.5. The van der Waals surface area contributed by atoms with Crippen LogP contribution in [0, 0.1) is 17.2 Å². The second-order valence-corrected chi connectivity index (χ2v) is 10.4. The number of benzene rings is 1. The molecule has 0 aromatic heterocycles. The number of carbonyl (C=O) groups excluding carboxylic acids is 2. The van der Waals surface area contributed by atoms with Crippen molar-refractivity contribution in [3.63, 3.8) is 0 Å². The maximum atomic E-state index is 13.9. The molecule has 0 spiro atoms. The summed E-state index contributed by atoms with van der Waals surface area (Å²) in [5, 5.41) is 15.1. The predicted molar refractivity (Wildman–Crippen MR) is 146 cm³/mol. The van der Waals surface area contributed by atoms with E-state index in [-0.39, 0.29) is 41.2 Å². The van der Waals surface area contributed by atoms with Crippen LogP contribution in [0.1, 0.15) is 76.7 Å². The summed E-state index contributed by atoms with van der Waals surface area (Å²) in [7, 11) is 1.74. The maximum absolute atomic E-state index is 13.9. The van der Waals surface area contributed by atoms with E-state index >= 15 is 0 Å². The van der Waals surface area contributed by atoms with Gasteiger partial charge in [-0.05, 0) is 68.7 Å². The number of amides is 1. The Labute approximate surface area is 215 Å². The normalized spacial score (nSPS) is 22.4. The minimum atomic E-state index is -0.631. The molecule has 3 aliphatic rings. The summed E-state index contributed by atoms with van der Waals surface area (Å²) in [5.74, 6) is -0.286. The molecule has 192 valence electrons. The first-order chi connectivity index (χ1) is 17.5. The lowest BCUT2D eigenvalue weighted by molar-refractivity contribution is -0.127. The number of carbonyl (C=O) groups is 2. The fourth-order valence-electron chi connectivity index (χ4n) is 6.10. The number of hydrogen-bond donors (Lipinski definition) is 3. The molecule has 1 fully saturated rings. The molecule has 3 N–H and O–H groups in total. The number of rotatable bonds is 10. The average Bonchev–Trinajstić information content (AvgIpc) is 3.42. The lowest BCUT2D eigenvalue weighted by Crippen LogP contribution is -2.54. The van der Waals surface area contributed by atoms with Crippen molar-refractivity contribution < 1.29 is 9.59 Å². The topological polar surface area (TPSA) is 94.4 Å². The number of allylic oxidation sites excluding steroid dienone is 3. The SMILES string of the molecule is CCC(C(=N)C(=O)C(NC(=O)C(C)NC)C1CCCCC1)C1=C2C=NC=C2C(c2ccccc2)CC1. The van der Waals surface area contributed by atoms with Gasteiger partial charge in [0.25, 0.3) is 0 Å². The van der Waals surface area contributed by atoms with E-state index in [2.05, 4.69) is 46.8 Å². The molecule has 6 nitrogen and oxygen atoms in total. The molecule has 4 unspecified atom stereocenters. The minimum absolute atomic E-state index is 0.0899. The van der Waals surface area contributed by atoms with Crippen LogP contribution < -0.4 is 10.6 Å². The Morgan fingerprint density at radius 3 is 2.50 bits per heavy atom. The molecule has 36 heavy (non-hydrogen) atoms. The number of aliphatic imine (C=N–C) groups is 1. The van der Waals surface area contributed by atoms with Crippen molar-refractivity contribution in [2.45, 2.75) is 83.2 Å². The van der Waals surface area contributed by atoms with Crippen molar-refractivity contribution in [2.24, 2.45) is 16.8 Å². The van der Waals surface area contributed by atoms with Crippen molar-refractivity contribution in [3.8, 4) is 0 Å². The van der Waals surface area contributed by atoms with Gasteiger partial charge >= 0.3 is 0 Å². The lowest BCUT2D eigenvalue weighted by atomic mass is 9.71. The third kappa shape index (κ3) is 5.44. The Morgan fingerprint density at radius 2 is 1.83 bits per heavy atom. The van der Waals surface area contributed by atoms with E-state index in [1.54, 1.807) is 14.0 Å². The Kier molecular flexibility index (Phi) is 8.68. The largest absolute Gasteiger partial charge is 0.344 e. The molecular weight excluding hydrogens is 448 g/mol. The van der Waals surface area contributed by atoms with E-state index in [1.807, 2.05) is 18.5 Å². The number of ketones is 1. The summed E-state index contributed by atoms with van der Waals surface area (Å²) in [4.78, 5) is 31.2. The van der Waals surface area contributed by atoms with Crippen molar-refractivity contribution in [3.05, 3.63) is 58.8 Å². The molecule has 1 aromatic rings. The van der Waals surface area contributed by atoms with E-state index in [9.17, 15) is 9.59 Å². The van der Waals surface area contributed by atoms with E-state index in [1.165, 1.54) is 17.6 Å². The standard InChI is InChI=1S/C30H40N4O2/c1-4-22(24-16-15-23(20-11-7-5-8-12-20)25-17-33-18-26(24)25)27(31)29(35)28(21-13-9-6-10-14-21)34-30(36)19(2)32-3/h5,7-8,11-12,17-19,21-23,28,31-32H,4,6,9-10,13-16H2,1-3H3,(H,34,36). The Bertz CT molecular complexity index is 1070. The van der Waals surface area contributed by atoms with Crippen molar-refractivity contribution in [1.29, 1.82) is 5.41 Å². The molecule has 4 atom stereocenters. The third-order valence-electron chi connectivity index (χ3n) is 8.32. The van der Waals surface area contributed by atoms with Gasteiger partial charge < -0.3 is 16.0 Å². The Balaban J connectivity index is 1.60. The molecule has 1 heterocycles. The van der Waals surface area contributed by atoms with Crippen LogP contribution in [0.2, 0.25) is 0 Å². The highest BCUT2D eigenvalue weighted by Gasteiger charge is 2.38. The van der Waals surface area contributed by atoms with Gasteiger partial charge in [0, 0.05) is 24.3 Å². The van der Waals surface area contributed by atoms with E-state index < -0.39 is 6.04 Å². The van der Waals surface area contributed by atoms with Gasteiger partial charge in [-0.25, -0.2) is 0 Å². The van der Waals surface area contributed by atoms with Gasteiger partial charge in [-0.1, -0.05) is 62.1 Å². The lowest BCUT2D eigenvalue weighted by Gasteiger charge is -2.34. The van der Waals surface area contributed by atoms with Crippen LogP contribution >= 0.6 is 0 Å². The highest BCUT2D eigenvalue weighted by atomic mass is 16.2. The molecule has 4 rings (SSSR count). The van der Waals surface area contributed by atoms with Crippen LogP contribution in [-0.2, 0) is 9.59 Å². The van der Waals surface area contributed by atoms with E-state index in [4.69, 9.17) is 5.41 Å². The summed E-state index contributed by atoms with van der Waals surface area (Å²) in [6.45, 7) is 3.85. The molecule has 0 saturated heterocycles. The number of hydrogen-bond acceptors (Lipinski definition) is 5. The van der Waals surface area contributed by atoms with Crippen LogP contribution in [0.15, 0.2) is 58.2 Å². The highest BCUT2D eigenvalue weighted by Crippen LogP contribution is 2.45. The number of nitrogens with one attached hydrogen (secondary N) is 3. The molecule has 0 radical (unpaired) electrons. The van der Waals surface area contributed by atoms with Crippen LogP contribution in [0.4, 0.5) is 0 Å².